The zero-order valence-electron chi connectivity index (χ0n) is 20.4. The quantitative estimate of drug-likeness (QED) is 0.313. The number of hydrogen-bond donors (Lipinski definition) is 5. The van der Waals surface area contributed by atoms with E-state index in [-0.39, 0.29) is 30.7 Å². The summed E-state index contributed by atoms with van der Waals surface area (Å²) in [5.41, 5.74) is 1.05. The van der Waals surface area contributed by atoms with Crippen LogP contribution in [-0.2, 0) is 23.8 Å². The number of fused-ring (bicyclic) bond motifs is 3. The third kappa shape index (κ3) is 4.53. The Morgan fingerprint density at radius 2 is 1.87 bits per heavy atom. The van der Waals surface area contributed by atoms with E-state index in [4.69, 9.17) is 14.2 Å². The molecule has 0 saturated carbocycles. The SMILES string of the molecule is C=C[C@H]1[C@H](O[C@@H]2O[C@H](CO)[C@@H](O)[C@H](O)[C@H]2O)OC=C2C(=O)N3CCC(=O)c4ccccc4NC(=O)[C@H]3C[C@H]21. The van der Waals surface area contributed by atoms with Crippen LogP contribution in [0.1, 0.15) is 23.2 Å². The number of carbonyl (C=O) groups is 3. The Kier molecular flexibility index (Phi) is 7.36. The molecule has 204 valence electrons. The molecule has 2 amide bonds. The summed E-state index contributed by atoms with van der Waals surface area (Å²) in [4.78, 5) is 41.1. The van der Waals surface area contributed by atoms with E-state index in [2.05, 4.69) is 11.9 Å². The number of hydrogen-bond acceptors (Lipinski definition) is 10. The highest BCUT2D eigenvalue weighted by Crippen LogP contribution is 2.42. The van der Waals surface area contributed by atoms with Gasteiger partial charge in [0.2, 0.25) is 12.2 Å². The van der Waals surface area contributed by atoms with Crippen LogP contribution in [0.4, 0.5) is 5.69 Å². The highest BCUT2D eigenvalue weighted by atomic mass is 16.8. The third-order valence-electron chi connectivity index (χ3n) is 7.63. The third-order valence-corrected chi connectivity index (χ3v) is 7.63. The first-order valence-electron chi connectivity index (χ1n) is 12.4. The number of carbonyl (C=O) groups excluding carboxylic acids is 3. The molecule has 0 bridgehead atoms. The van der Waals surface area contributed by atoms with Gasteiger partial charge < -0.3 is 44.9 Å². The zero-order chi connectivity index (χ0) is 27.1. The normalized spacial score (nSPS) is 37.3. The van der Waals surface area contributed by atoms with E-state index in [9.17, 15) is 34.8 Å². The minimum atomic E-state index is -1.64. The molecule has 12 heteroatoms. The highest BCUT2D eigenvalue weighted by Gasteiger charge is 2.51. The molecular weight excluding hydrogens is 500 g/mol. The molecule has 0 aliphatic carbocycles. The van der Waals surface area contributed by atoms with Gasteiger partial charge in [0, 0.05) is 30.4 Å². The Morgan fingerprint density at radius 3 is 2.61 bits per heavy atom. The van der Waals surface area contributed by atoms with Crippen molar-refractivity contribution < 1.29 is 49.0 Å². The predicted octanol–water partition coefficient (Wildman–Crippen LogP) is -0.712. The summed E-state index contributed by atoms with van der Waals surface area (Å²) in [5.74, 6) is -2.29. The van der Waals surface area contributed by atoms with Crippen LogP contribution in [0.2, 0.25) is 0 Å². The molecule has 1 aromatic carbocycles. The van der Waals surface area contributed by atoms with Crippen LogP contribution in [0.15, 0.2) is 48.8 Å². The molecule has 0 radical (unpaired) electrons. The number of aliphatic hydroxyl groups excluding tert-OH is 4. The first-order valence-corrected chi connectivity index (χ1v) is 12.4. The molecular formula is C26H30N2O10. The van der Waals surface area contributed by atoms with Crippen LogP contribution in [-0.4, -0.2) is 99.1 Å². The second-order valence-corrected chi connectivity index (χ2v) is 9.79. The number of piperidine rings is 1. The smallest absolute Gasteiger partial charge is 0.253 e. The van der Waals surface area contributed by atoms with Gasteiger partial charge in [0.25, 0.3) is 5.91 Å². The van der Waals surface area contributed by atoms with Gasteiger partial charge in [-0.25, -0.2) is 0 Å². The summed E-state index contributed by atoms with van der Waals surface area (Å²) in [6.07, 6.45) is -5.61. The van der Waals surface area contributed by atoms with Gasteiger partial charge in [0.05, 0.1) is 24.1 Å². The van der Waals surface area contributed by atoms with Gasteiger partial charge in [0.15, 0.2) is 12.1 Å². The van der Waals surface area contributed by atoms with Gasteiger partial charge in [-0.2, -0.15) is 0 Å². The van der Waals surface area contributed by atoms with Crippen molar-refractivity contribution in [2.45, 2.75) is 55.9 Å². The average molecular weight is 531 g/mol. The second-order valence-electron chi connectivity index (χ2n) is 9.79. The number of amides is 2. The standard InChI is InChI=1S/C26H30N2O10/c1-2-12-14-9-17-23(34)27-16-6-4-3-5-13(16)18(30)7-8-28(17)24(35)15(14)11-36-25(12)38-26-22(33)21(32)20(31)19(10-29)37-26/h2-6,11-12,14,17,19-22,25-26,29,31-33H,1,7-10H2,(H,27,34)/t12-,14+,17-,19-,20-,21+,22-,25+,26+/m1/s1. The number of para-hydroxylation sites is 1. The molecule has 0 unspecified atom stereocenters. The van der Waals surface area contributed by atoms with Crippen molar-refractivity contribution >= 4 is 23.3 Å². The summed E-state index contributed by atoms with van der Waals surface area (Å²) in [6.45, 7) is 3.27. The van der Waals surface area contributed by atoms with E-state index < -0.39 is 73.3 Å². The van der Waals surface area contributed by atoms with Crippen molar-refractivity contribution in [1.82, 2.24) is 4.90 Å². The van der Waals surface area contributed by atoms with Gasteiger partial charge in [0.1, 0.15) is 30.5 Å². The molecule has 38 heavy (non-hydrogen) atoms. The van der Waals surface area contributed by atoms with Crippen LogP contribution in [0.5, 0.6) is 0 Å². The molecule has 4 heterocycles. The van der Waals surface area contributed by atoms with Gasteiger partial charge in [-0.3, -0.25) is 14.4 Å². The molecule has 2 saturated heterocycles. The zero-order valence-corrected chi connectivity index (χ0v) is 20.4. The number of ether oxygens (including phenoxy) is 3. The van der Waals surface area contributed by atoms with E-state index in [1.807, 2.05) is 0 Å². The summed E-state index contributed by atoms with van der Waals surface area (Å²) >= 11 is 0. The molecule has 0 aromatic heterocycles. The number of nitrogens with one attached hydrogen (secondary N) is 1. The van der Waals surface area contributed by atoms with E-state index >= 15 is 0 Å². The monoisotopic (exact) mass is 530 g/mol. The van der Waals surface area contributed by atoms with Crippen molar-refractivity contribution in [3.05, 3.63) is 54.3 Å². The topological polar surface area (TPSA) is 175 Å². The fraction of sp³-hybridized carbons (Fsp3) is 0.500. The van der Waals surface area contributed by atoms with Crippen molar-refractivity contribution in [3.8, 4) is 0 Å². The van der Waals surface area contributed by atoms with Crippen LogP contribution >= 0.6 is 0 Å². The number of benzene rings is 1. The number of Topliss-reactive ketones (excluding diaryl/α,β-unsaturated/α-hetero) is 1. The fourth-order valence-corrected chi connectivity index (χ4v) is 5.51. The summed E-state index contributed by atoms with van der Waals surface area (Å²) in [6, 6.07) is 5.82. The molecule has 5 rings (SSSR count). The first-order chi connectivity index (χ1) is 18.2. The van der Waals surface area contributed by atoms with Crippen LogP contribution in [0, 0.1) is 11.8 Å². The Labute approximate surface area is 218 Å². The molecule has 9 atom stereocenters. The van der Waals surface area contributed by atoms with E-state index in [0.29, 0.717) is 11.3 Å². The van der Waals surface area contributed by atoms with Crippen LogP contribution < -0.4 is 5.32 Å². The molecule has 0 spiro atoms. The van der Waals surface area contributed by atoms with Gasteiger partial charge in [-0.1, -0.05) is 18.2 Å². The Balaban J connectivity index is 1.40. The van der Waals surface area contributed by atoms with Crippen LogP contribution in [0.25, 0.3) is 0 Å². The number of nitrogens with zero attached hydrogens (tertiary/aromatic N) is 1. The van der Waals surface area contributed by atoms with Crippen molar-refractivity contribution in [3.63, 3.8) is 0 Å². The molecule has 2 fully saturated rings. The summed E-state index contributed by atoms with van der Waals surface area (Å²) in [7, 11) is 0. The van der Waals surface area contributed by atoms with Gasteiger partial charge in [-0.15, -0.1) is 6.58 Å². The molecule has 1 aromatic rings. The number of aliphatic hydroxyl groups is 4. The highest BCUT2D eigenvalue weighted by molar-refractivity contribution is 6.08. The Bertz CT molecular complexity index is 1150. The Morgan fingerprint density at radius 1 is 1.11 bits per heavy atom. The van der Waals surface area contributed by atoms with Crippen molar-refractivity contribution in [1.29, 1.82) is 0 Å². The summed E-state index contributed by atoms with van der Waals surface area (Å²) < 4.78 is 16.9. The lowest BCUT2D eigenvalue weighted by Crippen LogP contribution is -2.60. The predicted molar refractivity (Wildman–Crippen MR) is 129 cm³/mol. The molecule has 5 N–H and O–H groups in total. The largest absolute Gasteiger partial charge is 0.471 e. The lowest BCUT2D eigenvalue weighted by Gasteiger charge is -2.46. The lowest BCUT2D eigenvalue weighted by atomic mass is 9.76. The fourth-order valence-electron chi connectivity index (χ4n) is 5.51. The van der Waals surface area contributed by atoms with E-state index in [1.165, 1.54) is 17.2 Å². The lowest BCUT2D eigenvalue weighted by molar-refractivity contribution is -0.339. The Hall–Kier alpha value is -3.13. The molecule has 12 nitrogen and oxygen atoms in total. The van der Waals surface area contributed by atoms with Crippen LogP contribution in [0.3, 0.4) is 0 Å². The van der Waals surface area contributed by atoms with E-state index in [1.54, 1.807) is 24.3 Å². The maximum absolute atomic E-state index is 13.5. The maximum atomic E-state index is 13.5. The molecule has 4 aliphatic heterocycles. The average Bonchev–Trinajstić information content (AvgIpc) is 2.96. The van der Waals surface area contributed by atoms with E-state index in [0.717, 1.165) is 0 Å². The minimum absolute atomic E-state index is 0.0424. The van der Waals surface area contributed by atoms with Crippen molar-refractivity contribution in [2.75, 3.05) is 18.5 Å². The molecule has 4 aliphatic rings. The van der Waals surface area contributed by atoms with Gasteiger partial charge in [-0.05, 0) is 18.6 Å². The van der Waals surface area contributed by atoms with Gasteiger partial charge >= 0.3 is 0 Å². The number of anilines is 1. The summed E-state index contributed by atoms with van der Waals surface area (Å²) in [5, 5.41) is 42.8. The number of rotatable bonds is 4. The maximum Gasteiger partial charge on any atom is 0.253 e. The number of ketones is 1. The first kappa shape index (κ1) is 26.5. The van der Waals surface area contributed by atoms with Crippen molar-refractivity contribution in [2.24, 2.45) is 11.8 Å². The minimum Gasteiger partial charge on any atom is -0.471 e. The second kappa shape index (κ2) is 10.6.